The summed E-state index contributed by atoms with van der Waals surface area (Å²) in [6.07, 6.45) is 5.39. The zero-order valence-corrected chi connectivity index (χ0v) is 27.0. The molecule has 2 aliphatic rings. The third-order valence-corrected chi connectivity index (χ3v) is 14.8. The van der Waals surface area contributed by atoms with Crippen molar-refractivity contribution in [2.45, 2.75) is 123 Å². The van der Waals surface area contributed by atoms with Crippen molar-refractivity contribution in [2.24, 2.45) is 5.41 Å². The van der Waals surface area contributed by atoms with Crippen molar-refractivity contribution in [1.82, 2.24) is 4.98 Å². The van der Waals surface area contributed by atoms with E-state index in [1.165, 1.54) is 39.7 Å². The van der Waals surface area contributed by atoms with Gasteiger partial charge < -0.3 is 9.53 Å². The Morgan fingerprint density at radius 1 is 1.03 bits per heavy atom. The summed E-state index contributed by atoms with van der Waals surface area (Å²) >= 11 is 2.51. The molecule has 1 heterocycles. The third kappa shape index (κ3) is 5.23. The highest BCUT2D eigenvalue weighted by Gasteiger charge is 2.49. The van der Waals surface area contributed by atoms with Crippen molar-refractivity contribution >= 4 is 30.9 Å². The van der Waals surface area contributed by atoms with E-state index in [0.717, 1.165) is 29.7 Å². The van der Waals surface area contributed by atoms with Crippen LogP contribution in [0.1, 0.15) is 132 Å². The first-order valence-corrected chi connectivity index (χ1v) is 17.8. The van der Waals surface area contributed by atoms with Gasteiger partial charge in [0, 0.05) is 20.4 Å². The lowest BCUT2D eigenvalue weighted by Gasteiger charge is -2.50. The van der Waals surface area contributed by atoms with Gasteiger partial charge in [0.25, 0.3) is 0 Å². The highest BCUT2D eigenvalue weighted by atomic mass is 127. The molecule has 2 aromatic rings. The summed E-state index contributed by atoms with van der Waals surface area (Å²) in [5.41, 5.74) is 7.09. The predicted molar refractivity (Wildman–Crippen MR) is 161 cm³/mol. The third-order valence-electron chi connectivity index (χ3n) is 9.19. The molecule has 36 heavy (non-hydrogen) atoms. The van der Waals surface area contributed by atoms with Crippen LogP contribution in [-0.4, -0.2) is 18.4 Å². The van der Waals surface area contributed by atoms with Gasteiger partial charge in [0.1, 0.15) is 6.10 Å². The Labute approximate surface area is 234 Å². The lowest BCUT2D eigenvalue weighted by atomic mass is 9.59. The predicted octanol–water partition coefficient (Wildman–Crippen LogP) is 9.19. The van der Waals surface area contributed by atoms with Crippen LogP contribution in [0.15, 0.2) is 24.3 Å². The van der Waals surface area contributed by atoms with E-state index in [0.29, 0.717) is 11.3 Å². The molecule has 5 heteroatoms. The van der Waals surface area contributed by atoms with E-state index in [1.54, 1.807) is 0 Å². The van der Waals surface area contributed by atoms with Gasteiger partial charge in [0.05, 0.1) is 11.8 Å². The van der Waals surface area contributed by atoms with E-state index in [1.807, 2.05) is 0 Å². The molecule has 0 radical (unpaired) electrons. The maximum absolute atomic E-state index is 11.8. The molecule has 0 saturated heterocycles. The van der Waals surface area contributed by atoms with E-state index in [9.17, 15) is 5.11 Å². The summed E-state index contributed by atoms with van der Waals surface area (Å²) in [5, 5.41) is 11.9. The van der Waals surface area contributed by atoms with Crippen LogP contribution < -0.4 is 0 Å². The molecule has 0 bridgehead atoms. The van der Waals surface area contributed by atoms with Crippen LogP contribution in [0.4, 0.5) is 0 Å². The first kappa shape index (κ1) is 28.3. The molecular weight excluding hydrogens is 573 g/mol. The SMILES string of the molecule is CC(C)c1ccc(C(O)c2c(C(C)C)nc3c(c2I)[C@@H](O[Si](C)(C)C(C)(C)C)CC2(CCC2)C3)cc1. The van der Waals surface area contributed by atoms with Crippen LogP contribution in [-0.2, 0) is 10.8 Å². The molecule has 2 aliphatic carbocycles. The summed E-state index contributed by atoms with van der Waals surface area (Å²) in [6, 6.07) is 8.49. The smallest absolute Gasteiger partial charge is 0.192 e. The molecule has 4 rings (SSSR count). The van der Waals surface area contributed by atoms with Crippen molar-refractivity contribution in [2.75, 3.05) is 0 Å². The minimum Gasteiger partial charge on any atom is -0.410 e. The standard InChI is InChI=1S/C31H46INO2Si/c1-19(2)21-11-13-22(14-12-21)29(34)26-27(32)25-23(33-28(26)20(3)4)17-31(15-10-16-31)18-24(25)35-36(8,9)30(5,6)7/h11-14,19-20,24,29,34H,10,15-18H2,1-9H3/t24-,29?/m0/s1. The molecule has 1 aromatic carbocycles. The second-order valence-electron chi connectivity index (χ2n) is 13.6. The molecule has 1 saturated carbocycles. The zero-order valence-electron chi connectivity index (χ0n) is 23.8. The molecule has 1 aromatic heterocycles. The molecule has 1 spiro atoms. The topological polar surface area (TPSA) is 42.4 Å². The average molecular weight is 620 g/mol. The van der Waals surface area contributed by atoms with E-state index in [4.69, 9.17) is 9.41 Å². The first-order chi connectivity index (χ1) is 16.7. The number of nitrogens with zero attached hydrogens (tertiary/aromatic N) is 1. The van der Waals surface area contributed by atoms with Crippen molar-refractivity contribution in [3.8, 4) is 0 Å². The fourth-order valence-electron chi connectivity index (χ4n) is 5.66. The fraction of sp³-hybridized carbons (Fsp3) is 0.645. The number of hydrogen-bond donors (Lipinski definition) is 1. The lowest BCUT2D eigenvalue weighted by molar-refractivity contribution is 0.0293. The highest BCUT2D eigenvalue weighted by Crippen LogP contribution is 2.57. The number of benzene rings is 1. The molecule has 1 N–H and O–H groups in total. The first-order valence-electron chi connectivity index (χ1n) is 13.8. The average Bonchev–Trinajstić information content (AvgIpc) is 2.76. The Hall–Kier alpha value is -0.763. The van der Waals surface area contributed by atoms with Gasteiger partial charge >= 0.3 is 0 Å². The number of aliphatic hydroxyl groups excluding tert-OH is 1. The molecular formula is C31H46INO2Si. The number of hydrogen-bond acceptors (Lipinski definition) is 3. The van der Waals surface area contributed by atoms with Crippen molar-refractivity contribution in [1.29, 1.82) is 0 Å². The van der Waals surface area contributed by atoms with Gasteiger partial charge in [0.2, 0.25) is 0 Å². The van der Waals surface area contributed by atoms with Gasteiger partial charge in [-0.3, -0.25) is 4.98 Å². The molecule has 198 valence electrons. The van der Waals surface area contributed by atoms with Crippen molar-refractivity contribution in [3.05, 3.63) is 61.5 Å². The molecule has 3 nitrogen and oxygen atoms in total. The van der Waals surface area contributed by atoms with E-state index in [2.05, 4.69) is 108 Å². The van der Waals surface area contributed by atoms with Gasteiger partial charge in [0.15, 0.2) is 8.32 Å². The Bertz CT molecular complexity index is 1100. The second kappa shape index (κ2) is 10.1. The lowest BCUT2D eigenvalue weighted by Crippen LogP contribution is -2.46. The minimum atomic E-state index is -1.99. The molecule has 2 atom stereocenters. The number of aliphatic hydroxyl groups is 1. The Morgan fingerprint density at radius 3 is 2.08 bits per heavy atom. The summed E-state index contributed by atoms with van der Waals surface area (Å²) in [5.74, 6) is 0.711. The largest absolute Gasteiger partial charge is 0.410 e. The van der Waals surface area contributed by atoms with Crippen molar-refractivity contribution < 1.29 is 9.53 Å². The number of pyridine rings is 1. The number of aromatic nitrogens is 1. The van der Waals surface area contributed by atoms with Gasteiger partial charge in [-0.15, -0.1) is 0 Å². The van der Waals surface area contributed by atoms with Gasteiger partial charge in [-0.25, -0.2) is 0 Å². The van der Waals surface area contributed by atoms with Gasteiger partial charge in [-0.2, -0.15) is 0 Å². The fourth-order valence-corrected chi connectivity index (χ4v) is 8.15. The number of fused-ring (bicyclic) bond motifs is 1. The Kier molecular flexibility index (Phi) is 7.91. The molecule has 1 fully saturated rings. The Morgan fingerprint density at radius 2 is 1.61 bits per heavy atom. The summed E-state index contributed by atoms with van der Waals surface area (Å²) in [7, 11) is -1.99. The van der Waals surface area contributed by atoms with Crippen LogP contribution in [0.2, 0.25) is 18.1 Å². The summed E-state index contributed by atoms with van der Waals surface area (Å²) < 4.78 is 8.34. The quantitative estimate of drug-likeness (QED) is 0.259. The van der Waals surface area contributed by atoms with E-state index >= 15 is 0 Å². The van der Waals surface area contributed by atoms with Crippen molar-refractivity contribution in [3.63, 3.8) is 0 Å². The minimum absolute atomic E-state index is 0.0600. The maximum Gasteiger partial charge on any atom is 0.192 e. The monoisotopic (exact) mass is 619 g/mol. The maximum atomic E-state index is 11.8. The molecule has 0 aliphatic heterocycles. The van der Waals surface area contributed by atoms with E-state index in [-0.39, 0.29) is 17.1 Å². The zero-order chi connectivity index (χ0) is 26.6. The second-order valence-corrected chi connectivity index (χ2v) is 19.4. The molecule has 1 unspecified atom stereocenters. The van der Waals surface area contributed by atoms with Crippen LogP contribution >= 0.6 is 22.6 Å². The van der Waals surface area contributed by atoms with Gasteiger partial charge in [-0.05, 0) is 94.8 Å². The number of halogens is 1. The Balaban J connectivity index is 1.84. The highest BCUT2D eigenvalue weighted by molar-refractivity contribution is 14.1. The number of rotatable bonds is 6. The summed E-state index contributed by atoms with van der Waals surface area (Å²) in [6.45, 7) is 20.5. The van der Waals surface area contributed by atoms with Gasteiger partial charge in [-0.1, -0.05) is 79.2 Å². The van der Waals surface area contributed by atoms with E-state index < -0.39 is 14.4 Å². The van der Waals surface area contributed by atoms with Crippen LogP contribution in [0.25, 0.3) is 0 Å². The van der Waals surface area contributed by atoms with Crippen LogP contribution in [0, 0.1) is 8.99 Å². The summed E-state index contributed by atoms with van der Waals surface area (Å²) in [4.78, 5) is 5.36. The molecule has 0 amide bonds. The van der Waals surface area contributed by atoms with Crippen LogP contribution in [0.3, 0.4) is 0 Å². The van der Waals surface area contributed by atoms with Crippen LogP contribution in [0.5, 0.6) is 0 Å². The normalized spacial score (nSPS) is 20.5.